The number of carbonyl (C=O) groups excluding carboxylic acids is 1. The van der Waals surface area contributed by atoms with Gasteiger partial charge in [0.2, 0.25) is 0 Å². The average molecular weight is 312 g/mol. The summed E-state index contributed by atoms with van der Waals surface area (Å²) in [5, 5.41) is 7.25. The molecule has 1 aliphatic heterocycles. The average Bonchev–Trinajstić information content (AvgIpc) is 3.10. The highest BCUT2D eigenvalue weighted by Crippen LogP contribution is 2.15. The molecule has 2 amide bonds. The van der Waals surface area contributed by atoms with Gasteiger partial charge in [0, 0.05) is 32.0 Å². The highest BCUT2D eigenvalue weighted by Gasteiger charge is 2.20. The number of benzene rings is 1. The SMILES string of the molecule is CC1CCCN(C(=O)NCCc2ccc(-n3cccn3)cc2)C1. The van der Waals surface area contributed by atoms with Crippen LogP contribution in [-0.2, 0) is 6.42 Å². The molecule has 0 bridgehead atoms. The minimum atomic E-state index is 0.0738. The number of hydrogen-bond donors (Lipinski definition) is 1. The minimum absolute atomic E-state index is 0.0738. The Labute approximate surface area is 137 Å². The standard InChI is InChI=1S/C18H24N4O/c1-15-4-2-12-21(14-15)18(23)19-11-9-16-5-7-17(8-6-16)22-13-3-10-20-22/h3,5-8,10,13,15H,2,4,9,11-12,14H2,1H3,(H,19,23). The van der Waals surface area contributed by atoms with Crippen LogP contribution in [0, 0.1) is 5.92 Å². The zero-order valence-electron chi connectivity index (χ0n) is 13.6. The van der Waals surface area contributed by atoms with Gasteiger partial charge in [0.25, 0.3) is 0 Å². The van der Waals surface area contributed by atoms with Crippen LogP contribution < -0.4 is 5.32 Å². The summed E-state index contributed by atoms with van der Waals surface area (Å²) in [6, 6.07) is 10.3. The van der Waals surface area contributed by atoms with Crippen LogP contribution in [0.2, 0.25) is 0 Å². The molecule has 1 unspecified atom stereocenters. The molecule has 3 rings (SSSR count). The fourth-order valence-electron chi connectivity index (χ4n) is 3.04. The third-order valence-electron chi connectivity index (χ3n) is 4.34. The number of piperidine rings is 1. The molecule has 122 valence electrons. The number of hydrogen-bond acceptors (Lipinski definition) is 2. The van der Waals surface area contributed by atoms with E-state index >= 15 is 0 Å². The van der Waals surface area contributed by atoms with E-state index in [-0.39, 0.29) is 6.03 Å². The lowest BCUT2D eigenvalue weighted by Gasteiger charge is -2.30. The highest BCUT2D eigenvalue weighted by atomic mass is 16.2. The summed E-state index contributed by atoms with van der Waals surface area (Å²) < 4.78 is 1.84. The fourth-order valence-corrected chi connectivity index (χ4v) is 3.04. The van der Waals surface area contributed by atoms with Gasteiger partial charge in [-0.1, -0.05) is 19.1 Å². The molecule has 1 fully saturated rings. The van der Waals surface area contributed by atoms with E-state index in [4.69, 9.17) is 0 Å². The first-order valence-electron chi connectivity index (χ1n) is 8.34. The first kappa shape index (κ1) is 15.6. The second-order valence-electron chi connectivity index (χ2n) is 6.29. The first-order valence-corrected chi connectivity index (χ1v) is 8.34. The van der Waals surface area contributed by atoms with Gasteiger partial charge in [-0.05, 0) is 48.9 Å². The Hall–Kier alpha value is -2.30. The normalized spacial score (nSPS) is 18.0. The van der Waals surface area contributed by atoms with Crippen molar-refractivity contribution in [2.75, 3.05) is 19.6 Å². The number of amides is 2. The third kappa shape index (κ3) is 4.12. The van der Waals surface area contributed by atoms with Crippen LogP contribution in [0.4, 0.5) is 4.79 Å². The largest absolute Gasteiger partial charge is 0.338 e. The van der Waals surface area contributed by atoms with Crippen molar-refractivity contribution in [3.63, 3.8) is 0 Å². The number of likely N-dealkylation sites (tertiary alicyclic amines) is 1. The van der Waals surface area contributed by atoms with Gasteiger partial charge in [0.15, 0.2) is 0 Å². The van der Waals surface area contributed by atoms with Crippen LogP contribution in [-0.4, -0.2) is 40.3 Å². The summed E-state index contributed by atoms with van der Waals surface area (Å²) >= 11 is 0. The van der Waals surface area contributed by atoms with Crippen molar-refractivity contribution in [2.45, 2.75) is 26.2 Å². The smallest absolute Gasteiger partial charge is 0.317 e. The molecule has 5 heteroatoms. The maximum Gasteiger partial charge on any atom is 0.317 e. The van der Waals surface area contributed by atoms with Crippen molar-refractivity contribution in [2.24, 2.45) is 5.92 Å². The quantitative estimate of drug-likeness (QED) is 0.944. The molecule has 0 aliphatic carbocycles. The monoisotopic (exact) mass is 312 g/mol. The lowest BCUT2D eigenvalue weighted by Crippen LogP contribution is -2.45. The van der Waals surface area contributed by atoms with Crippen LogP contribution in [0.25, 0.3) is 5.69 Å². The molecular weight excluding hydrogens is 288 g/mol. The van der Waals surface area contributed by atoms with E-state index in [9.17, 15) is 4.79 Å². The van der Waals surface area contributed by atoms with Crippen molar-refractivity contribution in [1.82, 2.24) is 20.0 Å². The molecule has 0 radical (unpaired) electrons. The topological polar surface area (TPSA) is 50.2 Å². The van der Waals surface area contributed by atoms with Gasteiger partial charge in [0.05, 0.1) is 5.69 Å². The lowest BCUT2D eigenvalue weighted by atomic mass is 10.0. The molecule has 1 aromatic heterocycles. The van der Waals surface area contributed by atoms with Gasteiger partial charge in [-0.25, -0.2) is 9.48 Å². The molecule has 2 heterocycles. The van der Waals surface area contributed by atoms with Crippen LogP contribution in [0.5, 0.6) is 0 Å². The van der Waals surface area contributed by atoms with E-state index in [0.29, 0.717) is 12.5 Å². The zero-order chi connectivity index (χ0) is 16.1. The van der Waals surface area contributed by atoms with Gasteiger partial charge in [0.1, 0.15) is 0 Å². The van der Waals surface area contributed by atoms with E-state index in [1.165, 1.54) is 12.0 Å². The molecule has 1 N–H and O–H groups in total. The van der Waals surface area contributed by atoms with Crippen molar-refractivity contribution in [1.29, 1.82) is 0 Å². The lowest BCUT2D eigenvalue weighted by molar-refractivity contribution is 0.170. The molecule has 5 nitrogen and oxygen atoms in total. The number of carbonyl (C=O) groups is 1. The van der Waals surface area contributed by atoms with E-state index < -0.39 is 0 Å². The number of urea groups is 1. The molecular formula is C18H24N4O. The second kappa shape index (κ2) is 7.31. The predicted molar refractivity (Wildman–Crippen MR) is 90.6 cm³/mol. The van der Waals surface area contributed by atoms with E-state index in [2.05, 4.69) is 41.6 Å². The summed E-state index contributed by atoms with van der Waals surface area (Å²) in [5.74, 6) is 0.615. The second-order valence-corrected chi connectivity index (χ2v) is 6.29. The summed E-state index contributed by atoms with van der Waals surface area (Å²) in [5.41, 5.74) is 2.26. The predicted octanol–water partition coefficient (Wildman–Crippen LogP) is 2.86. The highest BCUT2D eigenvalue weighted by molar-refractivity contribution is 5.74. The fraction of sp³-hybridized carbons (Fsp3) is 0.444. The van der Waals surface area contributed by atoms with Crippen LogP contribution >= 0.6 is 0 Å². The van der Waals surface area contributed by atoms with Crippen molar-refractivity contribution in [3.05, 3.63) is 48.3 Å². The Balaban J connectivity index is 1.46. The van der Waals surface area contributed by atoms with Gasteiger partial charge in [-0.2, -0.15) is 5.10 Å². The molecule has 1 saturated heterocycles. The van der Waals surface area contributed by atoms with Crippen molar-refractivity contribution >= 4 is 6.03 Å². The number of nitrogens with one attached hydrogen (secondary N) is 1. The maximum absolute atomic E-state index is 12.1. The molecule has 2 aromatic rings. The van der Waals surface area contributed by atoms with Gasteiger partial charge < -0.3 is 10.2 Å². The molecule has 0 saturated carbocycles. The zero-order valence-corrected chi connectivity index (χ0v) is 13.6. The summed E-state index contributed by atoms with van der Waals surface area (Å²) in [6.07, 6.45) is 6.88. The summed E-state index contributed by atoms with van der Waals surface area (Å²) in [6.45, 7) is 4.64. The van der Waals surface area contributed by atoms with Gasteiger partial charge in [-0.3, -0.25) is 0 Å². The Kier molecular flexibility index (Phi) is 4.95. The van der Waals surface area contributed by atoms with Crippen LogP contribution in [0.1, 0.15) is 25.3 Å². The van der Waals surface area contributed by atoms with E-state index in [1.54, 1.807) is 6.20 Å². The summed E-state index contributed by atoms with van der Waals surface area (Å²) in [7, 11) is 0. The maximum atomic E-state index is 12.1. The minimum Gasteiger partial charge on any atom is -0.338 e. The summed E-state index contributed by atoms with van der Waals surface area (Å²) in [4.78, 5) is 14.1. The van der Waals surface area contributed by atoms with Gasteiger partial charge >= 0.3 is 6.03 Å². The Morgan fingerprint density at radius 2 is 2.17 bits per heavy atom. The van der Waals surface area contributed by atoms with Crippen LogP contribution in [0.3, 0.4) is 0 Å². The third-order valence-corrected chi connectivity index (χ3v) is 4.34. The molecule has 0 spiro atoms. The van der Waals surface area contributed by atoms with E-state index in [1.807, 2.05) is 21.8 Å². The first-order chi connectivity index (χ1) is 11.2. The van der Waals surface area contributed by atoms with Crippen LogP contribution in [0.15, 0.2) is 42.7 Å². The molecule has 1 atom stereocenters. The number of nitrogens with zero attached hydrogens (tertiary/aromatic N) is 3. The Bertz CT molecular complexity index is 621. The number of aromatic nitrogens is 2. The van der Waals surface area contributed by atoms with E-state index in [0.717, 1.165) is 31.6 Å². The Morgan fingerprint density at radius 3 is 2.87 bits per heavy atom. The molecule has 1 aromatic carbocycles. The van der Waals surface area contributed by atoms with Gasteiger partial charge in [-0.15, -0.1) is 0 Å². The van der Waals surface area contributed by atoms with Crippen molar-refractivity contribution < 1.29 is 4.79 Å². The number of rotatable bonds is 4. The van der Waals surface area contributed by atoms with Crippen molar-refractivity contribution in [3.8, 4) is 5.69 Å². The Morgan fingerprint density at radius 1 is 1.35 bits per heavy atom. The molecule has 1 aliphatic rings. The molecule has 23 heavy (non-hydrogen) atoms.